The molecule has 2 unspecified atom stereocenters. The molecule has 0 aliphatic carbocycles. The van der Waals surface area contributed by atoms with Gasteiger partial charge < -0.3 is 25.3 Å². The van der Waals surface area contributed by atoms with Gasteiger partial charge in [0.05, 0.1) is 12.6 Å². The van der Waals surface area contributed by atoms with Crippen LogP contribution in [0.4, 0.5) is 5.69 Å². The molecular weight excluding hydrogens is 462 g/mol. The van der Waals surface area contributed by atoms with Gasteiger partial charge in [-0.2, -0.15) is 0 Å². The SMILES string of the molecule is CC(=O)N[C@@H](C)C(=O)N1CC(=O)C2C1CCN2C(=O)[C@H](CC(C)C)NC(=O)c1ccc(N(C)C)cc1. The number of carbonyl (C=O) groups is 5. The highest BCUT2D eigenvalue weighted by atomic mass is 16.2. The van der Waals surface area contributed by atoms with Gasteiger partial charge in [0.25, 0.3) is 5.91 Å². The summed E-state index contributed by atoms with van der Waals surface area (Å²) in [6.45, 7) is 7.07. The molecule has 0 bridgehead atoms. The predicted octanol–water partition coefficient (Wildman–Crippen LogP) is 0.803. The van der Waals surface area contributed by atoms with Crippen LogP contribution in [0.5, 0.6) is 0 Å². The molecule has 2 aliphatic heterocycles. The minimum absolute atomic E-state index is 0.0959. The van der Waals surface area contributed by atoms with Crippen LogP contribution in [0.3, 0.4) is 0 Å². The number of fused-ring (bicyclic) bond motifs is 1. The van der Waals surface area contributed by atoms with E-state index in [0.717, 1.165) is 5.69 Å². The zero-order valence-electron chi connectivity index (χ0n) is 21.9. The molecule has 2 saturated heterocycles. The van der Waals surface area contributed by atoms with E-state index in [1.807, 2.05) is 45.0 Å². The van der Waals surface area contributed by atoms with Crippen molar-refractivity contribution in [2.75, 3.05) is 32.1 Å². The van der Waals surface area contributed by atoms with Crippen molar-refractivity contribution >= 4 is 35.1 Å². The van der Waals surface area contributed by atoms with Crippen LogP contribution < -0.4 is 15.5 Å². The number of nitrogens with zero attached hydrogens (tertiary/aromatic N) is 3. The summed E-state index contributed by atoms with van der Waals surface area (Å²) < 4.78 is 0. The summed E-state index contributed by atoms with van der Waals surface area (Å²) in [4.78, 5) is 68.7. The molecule has 0 aromatic heterocycles. The molecule has 1 aromatic rings. The van der Waals surface area contributed by atoms with Crippen LogP contribution in [0.2, 0.25) is 0 Å². The highest BCUT2D eigenvalue weighted by Gasteiger charge is 2.52. The molecule has 10 heteroatoms. The van der Waals surface area contributed by atoms with Gasteiger partial charge in [0.1, 0.15) is 18.1 Å². The average molecular weight is 500 g/mol. The number of ketones is 1. The lowest BCUT2D eigenvalue weighted by atomic mass is 10.0. The minimum Gasteiger partial charge on any atom is -0.378 e. The Kier molecular flexibility index (Phi) is 8.37. The molecular formula is C26H37N5O5. The number of likely N-dealkylation sites (tertiary alicyclic amines) is 2. The van der Waals surface area contributed by atoms with Crippen molar-refractivity contribution in [1.29, 1.82) is 0 Å². The Labute approximate surface area is 212 Å². The molecule has 4 atom stereocenters. The second-order valence-electron chi connectivity index (χ2n) is 10.3. The van der Waals surface area contributed by atoms with Gasteiger partial charge in [-0.15, -0.1) is 0 Å². The second kappa shape index (κ2) is 11.1. The zero-order valence-corrected chi connectivity index (χ0v) is 21.9. The van der Waals surface area contributed by atoms with Gasteiger partial charge in [-0.25, -0.2) is 0 Å². The number of carbonyl (C=O) groups excluding carboxylic acids is 5. The Balaban J connectivity index is 1.75. The number of hydrogen-bond acceptors (Lipinski definition) is 6. The van der Waals surface area contributed by atoms with E-state index < -0.39 is 24.2 Å². The number of benzene rings is 1. The van der Waals surface area contributed by atoms with Gasteiger partial charge in [0.15, 0.2) is 5.78 Å². The molecule has 36 heavy (non-hydrogen) atoms. The van der Waals surface area contributed by atoms with E-state index in [-0.39, 0.29) is 41.9 Å². The summed E-state index contributed by atoms with van der Waals surface area (Å²) >= 11 is 0. The molecule has 2 heterocycles. The third-order valence-electron chi connectivity index (χ3n) is 6.74. The second-order valence-corrected chi connectivity index (χ2v) is 10.3. The average Bonchev–Trinajstić information content (AvgIpc) is 3.38. The summed E-state index contributed by atoms with van der Waals surface area (Å²) in [7, 11) is 3.82. The van der Waals surface area contributed by atoms with Crippen molar-refractivity contribution < 1.29 is 24.0 Å². The summed E-state index contributed by atoms with van der Waals surface area (Å²) in [6, 6.07) is 4.39. The van der Waals surface area contributed by atoms with Crippen LogP contribution in [-0.4, -0.2) is 90.6 Å². The Hall–Kier alpha value is -3.43. The molecule has 0 radical (unpaired) electrons. The van der Waals surface area contributed by atoms with Gasteiger partial charge in [0.2, 0.25) is 17.7 Å². The van der Waals surface area contributed by atoms with Crippen LogP contribution in [0.15, 0.2) is 24.3 Å². The van der Waals surface area contributed by atoms with Gasteiger partial charge in [-0.05, 0) is 49.9 Å². The van der Waals surface area contributed by atoms with Crippen molar-refractivity contribution in [3.63, 3.8) is 0 Å². The lowest BCUT2D eigenvalue weighted by Gasteiger charge is -2.29. The van der Waals surface area contributed by atoms with E-state index in [9.17, 15) is 24.0 Å². The fourth-order valence-electron chi connectivity index (χ4n) is 5.02. The van der Waals surface area contributed by atoms with E-state index in [1.54, 1.807) is 19.1 Å². The topological polar surface area (TPSA) is 119 Å². The molecule has 2 aliphatic rings. The van der Waals surface area contributed by atoms with Crippen molar-refractivity contribution in [3.8, 4) is 0 Å². The van der Waals surface area contributed by atoms with Crippen LogP contribution in [-0.2, 0) is 19.2 Å². The molecule has 0 saturated carbocycles. The first-order chi connectivity index (χ1) is 16.9. The van der Waals surface area contributed by atoms with Gasteiger partial charge in [-0.3, -0.25) is 24.0 Å². The maximum absolute atomic E-state index is 13.6. The third kappa shape index (κ3) is 5.85. The first-order valence-electron chi connectivity index (χ1n) is 12.4. The molecule has 1 aromatic carbocycles. The lowest BCUT2D eigenvalue weighted by molar-refractivity contribution is -0.138. The molecule has 2 fully saturated rings. The van der Waals surface area contributed by atoms with Crippen LogP contribution in [0, 0.1) is 5.92 Å². The van der Waals surface area contributed by atoms with Crippen LogP contribution in [0.25, 0.3) is 0 Å². The maximum Gasteiger partial charge on any atom is 0.251 e. The fraction of sp³-hybridized carbons (Fsp3) is 0.577. The highest BCUT2D eigenvalue weighted by molar-refractivity contribution is 6.01. The standard InChI is InChI=1S/C26H37N5O5/c1-15(2)13-20(28-24(34)18-7-9-19(10-8-18)29(5)6)26(36)30-12-11-21-23(30)22(33)14-31(21)25(35)16(3)27-17(4)32/h7-10,15-16,20-21,23H,11-14H2,1-6H3,(H,27,32)(H,28,34)/t16-,20-,21?,23?/m0/s1. The normalized spacial score (nSPS) is 20.7. The quantitative estimate of drug-likeness (QED) is 0.546. The number of hydrogen-bond donors (Lipinski definition) is 2. The predicted molar refractivity (Wildman–Crippen MR) is 135 cm³/mol. The Bertz CT molecular complexity index is 1020. The Morgan fingerprint density at radius 1 is 1.00 bits per heavy atom. The number of nitrogens with one attached hydrogen (secondary N) is 2. The molecule has 10 nitrogen and oxygen atoms in total. The first kappa shape index (κ1) is 27.2. The van der Waals surface area contributed by atoms with E-state index >= 15 is 0 Å². The number of amides is 4. The molecule has 3 rings (SSSR count). The summed E-state index contributed by atoms with van der Waals surface area (Å²) in [5, 5.41) is 5.44. The van der Waals surface area contributed by atoms with Crippen molar-refractivity contribution in [2.24, 2.45) is 5.92 Å². The van der Waals surface area contributed by atoms with Gasteiger partial charge in [0, 0.05) is 38.8 Å². The van der Waals surface area contributed by atoms with E-state index in [4.69, 9.17) is 0 Å². The highest BCUT2D eigenvalue weighted by Crippen LogP contribution is 2.31. The van der Waals surface area contributed by atoms with Gasteiger partial charge >= 0.3 is 0 Å². The smallest absolute Gasteiger partial charge is 0.251 e. The van der Waals surface area contributed by atoms with Crippen LogP contribution in [0.1, 0.15) is 50.9 Å². The molecule has 196 valence electrons. The van der Waals surface area contributed by atoms with Crippen molar-refractivity contribution in [1.82, 2.24) is 20.4 Å². The van der Waals surface area contributed by atoms with E-state index in [0.29, 0.717) is 24.9 Å². The Morgan fingerprint density at radius 2 is 1.64 bits per heavy atom. The molecule has 2 N–H and O–H groups in total. The largest absolute Gasteiger partial charge is 0.378 e. The molecule has 4 amide bonds. The zero-order chi connectivity index (χ0) is 26.7. The summed E-state index contributed by atoms with van der Waals surface area (Å²) in [6.07, 6.45) is 0.889. The van der Waals surface area contributed by atoms with Crippen LogP contribution >= 0.6 is 0 Å². The first-order valence-corrected chi connectivity index (χ1v) is 12.4. The number of anilines is 1. The van der Waals surface area contributed by atoms with Crippen molar-refractivity contribution in [2.45, 2.75) is 64.7 Å². The third-order valence-corrected chi connectivity index (χ3v) is 6.74. The van der Waals surface area contributed by atoms with E-state index in [1.165, 1.54) is 16.7 Å². The monoisotopic (exact) mass is 499 g/mol. The summed E-state index contributed by atoms with van der Waals surface area (Å²) in [5.41, 5.74) is 1.40. The van der Waals surface area contributed by atoms with Crippen molar-refractivity contribution in [3.05, 3.63) is 29.8 Å². The number of Topliss-reactive ketones (excluding diaryl/α,β-unsaturated/α-hetero) is 1. The van der Waals surface area contributed by atoms with Gasteiger partial charge in [-0.1, -0.05) is 13.8 Å². The lowest BCUT2D eigenvalue weighted by Crippen LogP contribution is -2.53. The number of rotatable bonds is 8. The van der Waals surface area contributed by atoms with E-state index in [2.05, 4.69) is 10.6 Å². The Morgan fingerprint density at radius 3 is 2.19 bits per heavy atom. The fourth-order valence-corrected chi connectivity index (χ4v) is 5.02. The maximum atomic E-state index is 13.6. The molecule has 0 spiro atoms. The summed E-state index contributed by atoms with van der Waals surface area (Å²) in [5.74, 6) is -1.41. The minimum atomic E-state index is -0.791.